The third-order valence-electron chi connectivity index (χ3n) is 5.26. The van der Waals surface area contributed by atoms with Crippen LogP contribution in [0.4, 0.5) is 4.79 Å². The Labute approximate surface area is 160 Å². The number of aromatic nitrogens is 1. The Morgan fingerprint density at radius 2 is 2.11 bits per heavy atom. The van der Waals surface area contributed by atoms with E-state index in [4.69, 9.17) is 9.47 Å². The molecule has 1 spiro atoms. The monoisotopic (exact) mass is 375 g/mol. The van der Waals surface area contributed by atoms with Gasteiger partial charge in [0, 0.05) is 38.7 Å². The smallest absolute Gasteiger partial charge is 0.410 e. The van der Waals surface area contributed by atoms with E-state index in [0.717, 1.165) is 13.0 Å². The minimum Gasteiger partial charge on any atom is -0.477 e. The summed E-state index contributed by atoms with van der Waals surface area (Å²) in [5, 5.41) is 0. The Morgan fingerprint density at radius 3 is 2.78 bits per heavy atom. The number of ether oxygens (including phenoxy) is 2. The molecule has 2 aliphatic heterocycles. The minimum absolute atomic E-state index is 0.0811. The van der Waals surface area contributed by atoms with Gasteiger partial charge >= 0.3 is 6.09 Å². The van der Waals surface area contributed by atoms with E-state index in [1.54, 1.807) is 23.2 Å². The quantitative estimate of drug-likeness (QED) is 0.764. The summed E-state index contributed by atoms with van der Waals surface area (Å²) < 4.78 is 11.2. The zero-order valence-corrected chi connectivity index (χ0v) is 16.4. The molecule has 148 valence electrons. The molecule has 3 heterocycles. The molecule has 3 rings (SSSR count). The van der Waals surface area contributed by atoms with Crippen molar-refractivity contribution in [3.8, 4) is 5.88 Å². The molecule has 0 radical (unpaired) electrons. The predicted octanol–water partition coefficient (Wildman–Crippen LogP) is 2.95. The van der Waals surface area contributed by atoms with Gasteiger partial charge in [-0.15, -0.1) is 0 Å². The molecule has 0 bridgehead atoms. The highest BCUT2D eigenvalue weighted by Gasteiger charge is 2.47. The molecule has 0 saturated carbocycles. The summed E-state index contributed by atoms with van der Waals surface area (Å²) in [6.07, 6.45) is 3.69. The zero-order chi connectivity index (χ0) is 19.4. The van der Waals surface area contributed by atoms with E-state index in [-0.39, 0.29) is 12.0 Å². The van der Waals surface area contributed by atoms with Crippen LogP contribution < -0.4 is 4.74 Å². The van der Waals surface area contributed by atoms with E-state index in [2.05, 4.69) is 18.8 Å². The summed E-state index contributed by atoms with van der Waals surface area (Å²) in [6.45, 7) is 9.10. The van der Waals surface area contributed by atoms with Crippen LogP contribution in [0.15, 0.2) is 18.3 Å². The van der Waals surface area contributed by atoms with Gasteiger partial charge in [-0.05, 0) is 31.4 Å². The lowest BCUT2D eigenvalue weighted by atomic mass is 9.91. The number of carbonyl (C=O) groups is 2. The lowest BCUT2D eigenvalue weighted by Gasteiger charge is -2.37. The van der Waals surface area contributed by atoms with Crippen molar-refractivity contribution in [3.63, 3.8) is 0 Å². The number of nitrogens with zero attached hydrogens (tertiary/aromatic N) is 3. The van der Waals surface area contributed by atoms with Crippen LogP contribution in [0.1, 0.15) is 50.4 Å². The number of pyridine rings is 1. The third kappa shape index (κ3) is 4.34. The average molecular weight is 375 g/mol. The fourth-order valence-corrected chi connectivity index (χ4v) is 3.63. The SMILES string of the molecule is CCOc1ncccc1C(=O)N1CCC2(CC1)CN(CCC(C)C)C(=O)O2. The van der Waals surface area contributed by atoms with Gasteiger partial charge in [-0.2, -0.15) is 0 Å². The van der Waals surface area contributed by atoms with Crippen molar-refractivity contribution in [2.45, 2.75) is 45.6 Å². The summed E-state index contributed by atoms with van der Waals surface area (Å²) in [5.41, 5.74) is 0.0278. The van der Waals surface area contributed by atoms with Crippen LogP contribution in [0.3, 0.4) is 0 Å². The maximum atomic E-state index is 12.9. The minimum atomic E-state index is -0.456. The summed E-state index contributed by atoms with van der Waals surface area (Å²) in [7, 11) is 0. The lowest BCUT2D eigenvalue weighted by molar-refractivity contribution is 0.00303. The molecule has 2 amide bonds. The van der Waals surface area contributed by atoms with E-state index in [1.807, 2.05) is 11.8 Å². The number of piperidine rings is 1. The van der Waals surface area contributed by atoms with Gasteiger partial charge in [0.15, 0.2) is 0 Å². The number of rotatable bonds is 6. The highest BCUT2D eigenvalue weighted by molar-refractivity contribution is 5.96. The second-order valence-corrected chi connectivity index (χ2v) is 7.74. The Morgan fingerprint density at radius 1 is 1.37 bits per heavy atom. The van der Waals surface area contributed by atoms with Crippen molar-refractivity contribution in [3.05, 3.63) is 23.9 Å². The predicted molar refractivity (Wildman–Crippen MR) is 101 cm³/mol. The van der Waals surface area contributed by atoms with Crippen molar-refractivity contribution < 1.29 is 19.1 Å². The molecule has 1 aromatic rings. The van der Waals surface area contributed by atoms with Crippen molar-refractivity contribution in [2.24, 2.45) is 5.92 Å². The molecule has 7 heteroatoms. The van der Waals surface area contributed by atoms with Crippen LogP contribution in [0.5, 0.6) is 5.88 Å². The highest BCUT2D eigenvalue weighted by Crippen LogP contribution is 2.34. The molecule has 2 saturated heterocycles. The van der Waals surface area contributed by atoms with Gasteiger partial charge in [0.05, 0.1) is 13.2 Å². The molecule has 0 atom stereocenters. The number of hydrogen-bond donors (Lipinski definition) is 0. The second kappa shape index (κ2) is 8.15. The van der Waals surface area contributed by atoms with Crippen LogP contribution >= 0.6 is 0 Å². The van der Waals surface area contributed by atoms with Crippen molar-refractivity contribution >= 4 is 12.0 Å². The standard InChI is InChI=1S/C20H29N3O4/c1-4-26-17-16(6-5-10-21-17)18(24)22-12-8-20(9-13-22)14-23(19(25)27-20)11-7-15(2)3/h5-6,10,15H,4,7-9,11-14H2,1-3H3. The fourth-order valence-electron chi connectivity index (χ4n) is 3.63. The summed E-state index contributed by atoms with van der Waals surface area (Å²) >= 11 is 0. The summed E-state index contributed by atoms with van der Waals surface area (Å²) in [6, 6.07) is 3.49. The van der Waals surface area contributed by atoms with Crippen molar-refractivity contribution in [1.29, 1.82) is 0 Å². The van der Waals surface area contributed by atoms with E-state index in [1.165, 1.54) is 0 Å². The molecular formula is C20H29N3O4. The Balaban J connectivity index is 1.61. The third-order valence-corrected chi connectivity index (χ3v) is 5.26. The van der Waals surface area contributed by atoms with Crippen molar-refractivity contribution in [2.75, 3.05) is 32.8 Å². The van der Waals surface area contributed by atoms with E-state index in [9.17, 15) is 9.59 Å². The topological polar surface area (TPSA) is 72.0 Å². The lowest BCUT2D eigenvalue weighted by Crippen LogP contribution is -2.48. The van der Waals surface area contributed by atoms with E-state index < -0.39 is 5.60 Å². The Kier molecular flexibility index (Phi) is 5.87. The first-order chi connectivity index (χ1) is 12.9. The van der Waals surface area contributed by atoms with E-state index >= 15 is 0 Å². The molecule has 0 aliphatic carbocycles. The second-order valence-electron chi connectivity index (χ2n) is 7.74. The molecule has 0 N–H and O–H groups in total. The van der Waals surface area contributed by atoms with Crippen LogP contribution in [-0.4, -0.2) is 65.2 Å². The van der Waals surface area contributed by atoms with Gasteiger partial charge in [0.2, 0.25) is 5.88 Å². The fraction of sp³-hybridized carbons (Fsp3) is 0.650. The van der Waals surface area contributed by atoms with Gasteiger partial charge < -0.3 is 19.3 Å². The zero-order valence-electron chi connectivity index (χ0n) is 16.4. The first kappa shape index (κ1) is 19.5. The first-order valence-corrected chi connectivity index (χ1v) is 9.79. The highest BCUT2D eigenvalue weighted by atomic mass is 16.6. The van der Waals surface area contributed by atoms with Gasteiger partial charge in [-0.1, -0.05) is 13.8 Å². The molecular weight excluding hydrogens is 346 g/mol. The van der Waals surface area contributed by atoms with Crippen LogP contribution in [0, 0.1) is 5.92 Å². The number of amides is 2. The number of carbonyl (C=O) groups excluding carboxylic acids is 2. The Hall–Kier alpha value is -2.31. The normalized spacial score (nSPS) is 18.9. The average Bonchev–Trinajstić information content (AvgIpc) is 2.96. The molecule has 2 aliphatic rings. The van der Waals surface area contributed by atoms with Crippen LogP contribution in [0.25, 0.3) is 0 Å². The molecule has 7 nitrogen and oxygen atoms in total. The maximum absolute atomic E-state index is 12.9. The first-order valence-electron chi connectivity index (χ1n) is 9.79. The molecule has 2 fully saturated rings. The largest absolute Gasteiger partial charge is 0.477 e. The molecule has 27 heavy (non-hydrogen) atoms. The number of likely N-dealkylation sites (tertiary alicyclic amines) is 1. The van der Waals surface area contributed by atoms with E-state index in [0.29, 0.717) is 56.4 Å². The van der Waals surface area contributed by atoms with Gasteiger partial charge in [-0.3, -0.25) is 4.79 Å². The van der Waals surface area contributed by atoms with Gasteiger partial charge in [0.1, 0.15) is 11.2 Å². The molecule has 1 aromatic heterocycles. The maximum Gasteiger partial charge on any atom is 0.410 e. The van der Waals surface area contributed by atoms with Crippen LogP contribution in [0.2, 0.25) is 0 Å². The summed E-state index contributed by atoms with van der Waals surface area (Å²) in [5.74, 6) is 0.840. The summed E-state index contributed by atoms with van der Waals surface area (Å²) in [4.78, 5) is 32.9. The van der Waals surface area contributed by atoms with Crippen LogP contribution in [-0.2, 0) is 4.74 Å². The molecule has 0 aromatic carbocycles. The van der Waals surface area contributed by atoms with Gasteiger partial charge in [0.25, 0.3) is 5.91 Å². The van der Waals surface area contributed by atoms with Gasteiger partial charge in [-0.25, -0.2) is 9.78 Å². The Bertz CT molecular complexity index is 684. The molecule has 0 unspecified atom stereocenters. The van der Waals surface area contributed by atoms with Crippen molar-refractivity contribution in [1.82, 2.24) is 14.8 Å². The number of hydrogen-bond acceptors (Lipinski definition) is 5.